The van der Waals surface area contributed by atoms with Crippen molar-refractivity contribution >= 4 is 17.2 Å². The number of carbonyl (C=O) groups is 1. The average molecular weight is 407 g/mol. The molecule has 0 radical (unpaired) electrons. The molecule has 7 nitrogen and oxygen atoms in total. The largest absolute Gasteiger partial charge is 0.493 e. The normalized spacial score (nSPS) is 11.4. The highest BCUT2D eigenvalue weighted by Crippen LogP contribution is 2.38. The number of hydrogen-bond donors (Lipinski definition) is 1. The first-order valence-electron chi connectivity index (χ1n) is 8.01. The van der Waals surface area contributed by atoms with E-state index >= 15 is 0 Å². The zero-order chi connectivity index (χ0) is 21.6. The molecule has 10 heteroatoms. The Bertz CT molecular complexity index is 939. The Hall–Kier alpha value is -3.74. The van der Waals surface area contributed by atoms with Crippen LogP contribution in [0.1, 0.15) is 15.9 Å². The van der Waals surface area contributed by atoms with Gasteiger partial charge in [-0.25, -0.2) is 0 Å². The molecule has 152 valence electrons. The number of nitriles is 1. The molecule has 0 heterocycles. The number of ketones is 1. The number of rotatable bonds is 7. The first-order valence-corrected chi connectivity index (χ1v) is 8.01. The van der Waals surface area contributed by atoms with Crippen molar-refractivity contribution in [3.05, 3.63) is 47.5 Å². The highest BCUT2D eigenvalue weighted by Gasteiger charge is 2.30. The number of carbonyl (C=O) groups excluding carboxylic acids is 1. The molecule has 2 aromatic rings. The minimum atomic E-state index is -4.47. The quantitative estimate of drug-likeness (QED) is 0.425. The smallest absolute Gasteiger partial charge is 0.416 e. The number of anilines is 1. The summed E-state index contributed by atoms with van der Waals surface area (Å²) in [6, 6.07) is 8.33. The summed E-state index contributed by atoms with van der Waals surface area (Å²) in [5, 5.41) is 13.0. The van der Waals surface area contributed by atoms with Gasteiger partial charge >= 0.3 is 6.18 Å². The maximum atomic E-state index is 12.6. The van der Waals surface area contributed by atoms with Gasteiger partial charge in [0.25, 0.3) is 0 Å². The number of ether oxygens (including phenoxy) is 3. The molecule has 2 aromatic carbocycles. The van der Waals surface area contributed by atoms with Crippen LogP contribution in [0.4, 0.5) is 18.9 Å². The minimum Gasteiger partial charge on any atom is -0.493 e. The van der Waals surface area contributed by atoms with Crippen molar-refractivity contribution in [1.82, 2.24) is 0 Å². The Morgan fingerprint density at radius 3 is 2.00 bits per heavy atom. The number of Topliss-reactive ketones (excluding diaryl/α,β-unsaturated/α-hetero) is 1. The summed E-state index contributed by atoms with van der Waals surface area (Å²) in [5.41, 5.74) is 1.27. The number of hydrogen-bond acceptors (Lipinski definition) is 7. The third-order valence-electron chi connectivity index (χ3n) is 3.76. The van der Waals surface area contributed by atoms with E-state index in [2.05, 4.69) is 10.5 Å². The van der Waals surface area contributed by atoms with Crippen molar-refractivity contribution in [2.24, 2.45) is 5.10 Å². The molecule has 0 aliphatic carbocycles. The first-order chi connectivity index (χ1) is 13.7. The van der Waals surface area contributed by atoms with Crippen LogP contribution in [0.2, 0.25) is 0 Å². The molecule has 0 spiro atoms. The van der Waals surface area contributed by atoms with Crippen LogP contribution in [0, 0.1) is 11.3 Å². The zero-order valence-corrected chi connectivity index (χ0v) is 15.6. The van der Waals surface area contributed by atoms with Gasteiger partial charge in [0.15, 0.2) is 11.5 Å². The van der Waals surface area contributed by atoms with Gasteiger partial charge in [0.2, 0.25) is 17.2 Å². The van der Waals surface area contributed by atoms with Crippen LogP contribution in [0.5, 0.6) is 17.2 Å². The third kappa shape index (κ3) is 4.95. The fourth-order valence-corrected chi connectivity index (χ4v) is 2.33. The van der Waals surface area contributed by atoms with E-state index in [9.17, 15) is 23.2 Å². The van der Waals surface area contributed by atoms with Crippen LogP contribution >= 0.6 is 0 Å². The second-order valence-corrected chi connectivity index (χ2v) is 5.50. The van der Waals surface area contributed by atoms with E-state index < -0.39 is 23.2 Å². The van der Waals surface area contributed by atoms with Crippen LogP contribution in [0.15, 0.2) is 41.5 Å². The molecule has 1 N–H and O–H groups in total. The first kappa shape index (κ1) is 21.6. The molecule has 0 saturated heterocycles. The Labute approximate surface area is 164 Å². The van der Waals surface area contributed by atoms with Crippen LogP contribution in [0.3, 0.4) is 0 Å². The SMILES string of the molecule is COc1cc(C(=O)/C(C#N)=N/Nc2ccc(C(F)(F)F)cc2)cc(OC)c1OC. The number of halogens is 3. The van der Waals surface area contributed by atoms with Gasteiger partial charge in [-0.1, -0.05) is 0 Å². The lowest BCUT2D eigenvalue weighted by Crippen LogP contribution is -2.15. The number of hydrazone groups is 1. The lowest BCUT2D eigenvalue weighted by Gasteiger charge is -2.13. The van der Waals surface area contributed by atoms with Gasteiger partial charge in [-0.3, -0.25) is 10.2 Å². The third-order valence-corrected chi connectivity index (χ3v) is 3.76. The summed E-state index contributed by atoms with van der Waals surface area (Å²) in [7, 11) is 4.14. The highest BCUT2D eigenvalue weighted by atomic mass is 19.4. The molecule has 0 aliphatic rings. The van der Waals surface area contributed by atoms with E-state index in [0.29, 0.717) is 0 Å². The van der Waals surface area contributed by atoms with Gasteiger partial charge < -0.3 is 14.2 Å². The molecule has 0 aliphatic heterocycles. The molecule has 29 heavy (non-hydrogen) atoms. The minimum absolute atomic E-state index is 0.0500. The van der Waals surface area contributed by atoms with Gasteiger partial charge in [-0.05, 0) is 36.4 Å². The molecule has 0 fully saturated rings. The van der Waals surface area contributed by atoms with Crippen LogP contribution in [-0.4, -0.2) is 32.8 Å². The van der Waals surface area contributed by atoms with Gasteiger partial charge in [0.1, 0.15) is 6.07 Å². The van der Waals surface area contributed by atoms with Crippen molar-refractivity contribution in [3.63, 3.8) is 0 Å². The van der Waals surface area contributed by atoms with Crippen molar-refractivity contribution in [2.75, 3.05) is 26.8 Å². The Morgan fingerprint density at radius 1 is 1.03 bits per heavy atom. The summed E-state index contributed by atoms with van der Waals surface area (Å²) >= 11 is 0. The van der Waals surface area contributed by atoms with E-state index in [-0.39, 0.29) is 28.5 Å². The highest BCUT2D eigenvalue weighted by molar-refractivity contribution is 6.51. The van der Waals surface area contributed by atoms with E-state index in [1.807, 2.05) is 0 Å². The van der Waals surface area contributed by atoms with Gasteiger partial charge in [-0.2, -0.15) is 23.5 Å². The molecule has 0 unspecified atom stereocenters. The Balaban J connectivity index is 2.30. The summed E-state index contributed by atoms with van der Waals surface area (Å²) in [4.78, 5) is 12.6. The van der Waals surface area contributed by atoms with Crippen molar-refractivity contribution in [2.45, 2.75) is 6.18 Å². The number of alkyl halides is 3. The lowest BCUT2D eigenvalue weighted by molar-refractivity contribution is -0.137. The second kappa shape index (κ2) is 8.97. The second-order valence-electron chi connectivity index (χ2n) is 5.50. The topological polar surface area (TPSA) is 92.9 Å². The summed E-state index contributed by atoms with van der Waals surface area (Å²) in [6.07, 6.45) is -4.47. The Morgan fingerprint density at radius 2 is 1.59 bits per heavy atom. The van der Waals surface area contributed by atoms with Crippen LogP contribution in [0.25, 0.3) is 0 Å². The zero-order valence-electron chi connectivity index (χ0n) is 15.6. The van der Waals surface area contributed by atoms with Gasteiger partial charge in [0.05, 0.1) is 32.6 Å². The van der Waals surface area contributed by atoms with Crippen LogP contribution < -0.4 is 19.6 Å². The molecule has 0 bridgehead atoms. The van der Waals surface area contributed by atoms with E-state index in [0.717, 1.165) is 24.3 Å². The number of nitrogens with zero attached hydrogens (tertiary/aromatic N) is 2. The summed E-state index contributed by atoms with van der Waals surface area (Å²) in [6.45, 7) is 0. The maximum absolute atomic E-state index is 12.6. The van der Waals surface area contributed by atoms with Crippen molar-refractivity contribution in [1.29, 1.82) is 5.26 Å². The lowest BCUT2D eigenvalue weighted by atomic mass is 10.1. The molecular formula is C19H16F3N3O4. The van der Waals surface area contributed by atoms with E-state index in [1.165, 1.54) is 33.5 Å². The summed E-state index contributed by atoms with van der Waals surface area (Å²) < 4.78 is 53.3. The van der Waals surface area contributed by atoms with E-state index in [4.69, 9.17) is 14.2 Å². The van der Waals surface area contributed by atoms with E-state index in [1.54, 1.807) is 6.07 Å². The number of methoxy groups -OCH3 is 3. The average Bonchev–Trinajstić information content (AvgIpc) is 2.72. The van der Waals surface area contributed by atoms with Gasteiger partial charge in [-0.15, -0.1) is 0 Å². The number of nitrogens with one attached hydrogen (secondary N) is 1. The molecular weight excluding hydrogens is 391 g/mol. The standard InChI is InChI=1S/C19H16F3N3O4/c1-27-15-8-11(9-16(28-2)18(15)29-3)17(26)14(10-23)25-24-13-6-4-12(5-7-13)19(20,21)22/h4-9,24H,1-3H3/b25-14+. The molecule has 0 amide bonds. The monoisotopic (exact) mass is 407 g/mol. The van der Waals surface area contributed by atoms with Crippen molar-refractivity contribution < 1.29 is 32.2 Å². The Kier molecular flexibility index (Phi) is 6.67. The molecule has 0 atom stereocenters. The van der Waals surface area contributed by atoms with Crippen molar-refractivity contribution in [3.8, 4) is 23.3 Å². The predicted molar refractivity (Wildman–Crippen MR) is 98.5 cm³/mol. The maximum Gasteiger partial charge on any atom is 0.416 e. The predicted octanol–water partition coefficient (Wildman–Crippen LogP) is 3.91. The molecule has 2 rings (SSSR count). The fraction of sp³-hybridized carbons (Fsp3) is 0.211. The van der Waals surface area contributed by atoms with Gasteiger partial charge in [0, 0.05) is 5.56 Å². The number of benzene rings is 2. The fourth-order valence-electron chi connectivity index (χ4n) is 2.33. The summed E-state index contributed by atoms with van der Waals surface area (Å²) in [5.74, 6) is -0.0533. The molecule has 0 saturated carbocycles. The van der Waals surface area contributed by atoms with Crippen LogP contribution in [-0.2, 0) is 6.18 Å². The molecule has 0 aromatic heterocycles.